The maximum Gasteiger partial charge on any atom is 0.205 e. The maximum absolute atomic E-state index is 10.2. The van der Waals surface area contributed by atoms with Crippen molar-refractivity contribution >= 4 is 36.2 Å². The number of hydrogen-bond donors (Lipinski definition) is 1. The third-order valence-electron chi connectivity index (χ3n) is 0.234. The predicted octanol–water partition coefficient (Wildman–Crippen LogP) is -0.0772. The summed E-state index contributed by atoms with van der Waals surface area (Å²) < 4.78 is 20.4. The standard InChI is InChI=1S/C2H5NO2S3/c1-8(4,5)7-2(3)6/h1H3,(H2,3,6). The average molecular weight is 171 g/mol. The molecule has 0 saturated carbocycles. The van der Waals surface area contributed by atoms with E-state index in [-0.39, 0.29) is 4.32 Å². The van der Waals surface area contributed by atoms with Crippen LogP contribution in [-0.4, -0.2) is 19.0 Å². The normalized spacial score (nSPS) is 11.1. The maximum atomic E-state index is 10.2. The Hall–Kier alpha value is 0.190. The van der Waals surface area contributed by atoms with Crippen molar-refractivity contribution < 1.29 is 8.42 Å². The minimum absolute atomic E-state index is 0.0625. The topological polar surface area (TPSA) is 60.2 Å². The summed E-state index contributed by atoms with van der Waals surface area (Å²) in [5, 5.41) is 0. The molecule has 0 amide bonds. The quantitative estimate of drug-likeness (QED) is 0.442. The molecule has 0 aliphatic carbocycles. The van der Waals surface area contributed by atoms with Crippen LogP contribution in [0.1, 0.15) is 0 Å². The third-order valence-corrected chi connectivity index (χ3v) is 2.71. The van der Waals surface area contributed by atoms with Gasteiger partial charge in [-0.05, 0) is 0 Å². The summed E-state index contributed by atoms with van der Waals surface area (Å²) in [5.41, 5.74) is 4.89. The molecular formula is C2H5NO2S3. The average Bonchev–Trinajstić information content (AvgIpc) is 1.21. The molecule has 0 bridgehead atoms. The van der Waals surface area contributed by atoms with Crippen LogP contribution in [0.3, 0.4) is 0 Å². The van der Waals surface area contributed by atoms with Crippen LogP contribution in [0.5, 0.6) is 0 Å². The van der Waals surface area contributed by atoms with Crippen LogP contribution in [0.4, 0.5) is 0 Å². The summed E-state index contributed by atoms with van der Waals surface area (Å²) in [7, 11) is -2.58. The van der Waals surface area contributed by atoms with Crippen molar-refractivity contribution in [1.82, 2.24) is 0 Å². The Morgan fingerprint density at radius 3 is 2.12 bits per heavy atom. The summed E-state index contributed by atoms with van der Waals surface area (Å²) in [5.74, 6) is 0. The van der Waals surface area contributed by atoms with Crippen LogP contribution in [0.2, 0.25) is 0 Å². The zero-order valence-corrected chi connectivity index (χ0v) is 6.57. The molecule has 3 nitrogen and oxygen atoms in total. The molecule has 0 fully saturated rings. The Morgan fingerprint density at radius 1 is 1.75 bits per heavy atom. The molecule has 0 aromatic carbocycles. The van der Waals surface area contributed by atoms with Crippen molar-refractivity contribution in [2.45, 2.75) is 0 Å². The fraction of sp³-hybridized carbons (Fsp3) is 0.500. The number of hydrogen-bond acceptors (Lipinski definition) is 4. The minimum atomic E-state index is -3.07. The lowest BCUT2D eigenvalue weighted by atomic mass is 11.5. The Kier molecular flexibility index (Phi) is 2.72. The molecule has 2 N–H and O–H groups in total. The summed E-state index contributed by atoms with van der Waals surface area (Å²) >= 11 is 4.31. The molecule has 0 rings (SSSR count). The van der Waals surface area contributed by atoms with Gasteiger partial charge in [-0.1, -0.05) is 12.2 Å². The highest BCUT2D eigenvalue weighted by Gasteiger charge is 2.02. The highest BCUT2D eigenvalue weighted by Crippen LogP contribution is 2.07. The molecule has 0 heterocycles. The van der Waals surface area contributed by atoms with Crippen LogP contribution < -0.4 is 5.73 Å². The van der Waals surface area contributed by atoms with Gasteiger partial charge in [0.1, 0.15) is 4.32 Å². The van der Waals surface area contributed by atoms with Crippen LogP contribution in [-0.2, 0) is 8.87 Å². The van der Waals surface area contributed by atoms with Gasteiger partial charge in [-0.25, -0.2) is 8.42 Å². The van der Waals surface area contributed by atoms with Gasteiger partial charge in [0, 0.05) is 17.0 Å². The first kappa shape index (κ1) is 8.19. The molecule has 0 saturated heterocycles. The summed E-state index contributed by atoms with van der Waals surface area (Å²) in [4.78, 5) is 0. The summed E-state index contributed by atoms with van der Waals surface area (Å²) in [6.07, 6.45) is 1.05. The van der Waals surface area contributed by atoms with E-state index in [1.807, 2.05) is 0 Å². The Balaban J connectivity index is 3.95. The van der Waals surface area contributed by atoms with Gasteiger partial charge in [-0.3, -0.25) is 0 Å². The van der Waals surface area contributed by atoms with E-state index in [1.54, 1.807) is 0 Å². The van der Waals surface area contributed by atoms with E-state index in [9.17, 15) is 8.42 Å². The molecule has 0 aromatic rings. The third kappa shape index (κ3) is 6.19. The Morgan fingerprint density at radius 2 is 2.12 bits per heavy atom. The second-order valence-corrected chi connectivity index (χ2v) is 6.14. The van der Waals surface area contributed by atoms with Gasteiger partial charge < -0.3 is 5.73 Å². The smallest absolute Gasteiger partial charge is 0.205 e. The predicted molar refractivity (Wildman–Crippen MR) is 39.2 cm³/mol. The van der Waals surface area contributed by atoms with E-state index < -0.39 is 8.87 Å². The van der Waals surface area contributed by atoms with E-state index in [1.165, 1.54) is 0 Å². The summed E-state index contributed by atoms with van der Waals surface area (Å²) in [6.45, 7) is 0. The van der Waals surface area contributed by atoms with Gasteiger partial charge in [0.05, 0.1) is 0 Å². The Bertz CT molecular complexity index is 181. The van der Waals surface area contributed by atoms with Crippen molar-refractivity contribution in [1.29, 1.82) is 0 Å². The largest absolute Gasteiger partial charge is 0.384 e. The van der Waals surface area contributed by atoms with Crippen LogP contribution in [0.15, 0.2) is 0 Å². The molecule has 48 valence electrons. The van der Waals surface area contributed by atoms with Gasteiger partial charge >= 0.3 is 0 Å². The van der Waals surface area contributed by atoms with E-state index in [0.29, 0.717) is 10.8 Å². The molecular weight excluding hydrogens is 166 g/mol. The lowest BCUT2D eigenvalue weighted by molar-refractivity contribution is 0.616. The molecule has 6 heteroatoms. The fourth-order valence-corrected chi connectivity index (χ4v) is 2.46. The molecule has 8 heavy (non-hydrogen) atoms. The second kappa shape index (κ2) is 2.65. The van der Waals surface area contributed by atoms with Crippen molar-refractivity contribution in [3.8, 4) is 0 Å². The van der Waals surface area contributed by atoms with Crippen LogP contribution in [0.25, 0.3) is 0 Å². The van der Waals surface area contributed by atoms with Crippen molar-refractivity contribution in [3.05, 3.63) is 0 Å². The van der Waals surface area contributed by atoms with Crippen LogP contribution >= 0.6 is 23.0 Å². The first-order chi connectivity index (χ1) is 3.42. The Labute approximate surface area is 57.0 Å². The van der Waals surface area contributed by atoms with Gasteiger partial charge in [0.2, 0.25) is 8.87 Å². The second-order valence-electron chi connectivity index (χ2n) is 1.11. The van der Waals surface area contributed by atoms with E-state index >= 15 is 0 Å². The van der Waals surface area contributed by atoms with Gasteiger partial charge in [0.25, 0.3) is 0 Å². The van der Waals surface area contributed by atoms with E-state index in [0.717, 1.165) is 6.26 Å². The zero-order chi connectivity index (χ0) is 6.78. The molecule has 0 aliphatic heterocycles. The van der Waals surface area contributed by atoms with E-state index in [2.05, 4.69) is 12.2 Å². The number of thiocarbonyl (C=S) groups is 1. The minimum Gasteiger partial charge on any atom is -0.384 e. The lowest BCUT2D eigenvalue weighted by Crippen LogP contribution is -2.05. The molecule has 0 aliphatic rings. The monoisotopic (exact) mass is 171 g/mol. The van der Waals surface area contributed by atoms with E-state index in [4.69, 9.17) is 5.73 Å². The summed E-state index contributed by atoms with van der Waals surface area (Å²) in [6, 6.07) is 0. The molecule has 0 spiro atoms. The number of rotatable bonds is 1. The first-order valence-electron chi connectivity index (χ1n) is 1.61. The highest BCUT2D eigenvalue weighted by atomic mass is 33.1. The SMILES string of the molecule is CS(=O)(=O)SC(N)=S. The fourth-order valence-electron chi connectivity index (χ4n) is 0.149. The molecule has 0 radical (unpaired) electrons. The lowest BCUT2D eigenvalue weighted by Gasteiger charge is -1.89. The molecule has 0 aromatic heterocycles. The van der Waals surface area contributed by atoms with Gasteiger partial charge in [-0.15, -0.1) is 0 Å². The van der Waals surface area contributed by atoms with Gasteiger partial charge in [-0.2, -0.15) is 0 Å². The van der Waals surface area contributed by atoms with Crippen molar-refractivity contribution in [2.75, 3.05) is 6.26 Å². The van der Waals surface area contributed by atoms with Crippen LogP contribution in [0, 0.1) is 0 Å². The van der Waals surface area contributed by atoms with Crippen molar-refractivity contribution in [2.24, 2.45) is 5.73 Å². The number of nitrogens with two attached hydrogens (primary N) is 1. The first-order valence-corrected chi connectivity index (χ1v) is 5.24. The molecule has 0 unspecified atom stereocenters. The highest BCUT2D eigenvalue weighted by molar-refractivity contribution is 8.79. The van der Waals surface area contributed by atoms with Gasteiger partial charge in [0.15, 0.2) is 0 Å². The molecule has 0 atom stereocenters. The van der Waals surface area contributed by atoms with Crippen molar-refractivity contribution in [3.63, 3.8) is 0 Å². The zero-order valence-electron chi connectivity index (χ0n) is 4.12.